The van der Waals surface area contributed by atoms with Crippen molar-refractivity contribution in [1.82, 2.24) is 0 Å². The van der Waals surface area contributed by atoms with Crippen molar-refractivity contribution in [3.05, 3.63) is 0 Å². The van der Waals surface area contributed by atoms with Gasteiger partial charge in [-0.05, 0) is 0 Å². The van der Waals surface area contributed by atoms with Crippen LogP contribution in [0.15, 0.2) is 0 Å². The quantitative estimate of drug-likeness (QED) is 0.310. The maximum atomic E-state index is 8.52. The molecule has 0 amide bonds. The second kappa shape index (κ2) is 3.87. The van der Waals surface area contributed by atoms with Crippen molar-refractivity contribution in [2.24, 2.45) is 0 Å². The van der Waals surface area contributed by atoms with Crippen LogP contribution in [0.3, 0.4) is 0 Å². The molecular weight excluding hydrogens is 229 g/mol. The molecule has 0 aromatic carbocycles. The summed E-state index contributed by atoms with van der Waals surface area (Å²) < 4.78 is 34.1. The Hall–Kier alpha value is 1.92. The maximum absolute atomic E-state index is 8.52. The van der Waals surface area contributed by atoms with E-state index in [4.69, 9.17) is 17.5 Å². The topological polar surface area (TPSA) is 80.3 Å². The van der Waals surface area contributed by atoms with E-state index in [0.29, 0.717) is 0 Å². The van der Waals surface area contributed by atoms with Crippen LogP contribution < -0.4 is 68.9 Å². The summed E-state index contributed by atoms with van der Waals surface area (Å²) in [7, 11) is -5.17. The molecule has 0 bridgehead atoms. The Morgan fingerprint density at radius 2 is 1.17 bits per heavy atom. The van der Waals surface area contributed by atoms with Crippen molar-refractivity contribution in [3.8, 4) is 0 Å². The fraction of sp³-hybridized carbons (Fsp3) is 0. The van der Waals surface area contributed by atoms with Gasteiger partial charge in [-0.2, -0.15) is 0 Å². The van der Waals surface area contributed by atoms with Crippen LogP contribution in [0.2, 0.25) is 0 Å². The Morgan fingerprint density at radius 1 is 1.17 bits per heavy atom. The zero-order valence-corrected chi connectivity index (χ0v) is 10.1. The zero-order chi connectivity index (χ0) is 4.50. The van der Waals surface area contributed by atoms with Crippen LogP contribution in [-0.2, 0) is 10.4 Å². The molecule has 0 spiro atoms. The minimum Gasteiger partial charge on any atom is -0.759 e. The molecule has 6 heavy (non-hydrogen) atoms. The van der Waals surface area contributed by atoms with Gasteiger partial charge in [0.15, 0.2) is 0 Å². The van der Waals surface area contributed by atoms with Gasteiger partial charge in [0.05, 0.1) is 0 Å². The van der Waals surface area contributed by atoms with E-state index in [0.717, 1.165) is 0 Å². The first kappa shape index (κ1) is 10.8. The van der Waals surface area contributed by atoms with Gasteiger partial charge in [0.1, 0.15) is 0 Å². The van der Waals surface area contributed by atoms with Gasteiger partial charge in [0.25, 0.3) is 0 Å². The predicted octanol–water partition coefficient (Wildman–Crippen LogP) is -4.33. The Morgan fingerprint density at radius 3 is 1.17 bits per heavy atom. The summed E-state index contributed by atoms with van der Waals surface area (Å²) in [6.45, 7) is 0. The first-order chi connectivity index (χ1) is 2.00. The van der Waals surface area contributed by atoms with E-state index in [1.54, 1.807) is 0 Å². The van der Waals surface area contributed by atoms with E-state index in [1.165, 1.54) is 0 Å². The standard InChI is InChI=1S/Cs.H2O4S/c;1-5(2,3)4/h;(H2,1,2,3,4)/q+1;/p-2. The van der Waals surface area contributed by atoms with Gasteiger partial charge in [0, 0.05) is 10.4 Å². The molecule has 0 fully saturated rings. The molecule has 0 aromatic rings. The molecule has 0 rings (SSSR count). The van der Waals surface area contributed by atoms with E-state index in [1.807, 2.05) is 0 Å². The van der Waals surface area contributed by atoms with Crippen LogP contribution in [-0.4, -0.2) is 17.5 Å². The smallest absolute Gasteiger partial charge is 0.759 e. The minimum atomic E-state index is -5.17. The summed E-state index contributed by atoms with van der Waals surface area (Å²) in [6, 6.07) is 0. The first-order valence-electron chi connectivity index (χ1n) is 0.667. The SMILES string of the molecule is O=S(=O)([O-])[O-].[Cs+]. The first-order valence-corrected chi connectivity index (χ1v) is 2.00. The van der Waals surface area contributed by atoms with Gasteiger partial charge in [0.2, 0.25) is 0 Å². The van der Waals surface area contributed by atoms with E-state index < -0.39 is 10.4 Å². The van der Waals surface area contributed by atoms with Gasteiger partial charge in [-0.3, -0.25) is 8.42 Å². The molecule has 0 aliphatic rings. The molecule has 0 saturated heterocycles. The molecule has 0 unspecified atom stereocenters. The van der Waals surface area contributed by atoms with Gasteiger partial charge in [-0.25, -0.2) is 0 Å². The van der Waals surface area contributed by atoms with Crippen molar-refractivity contribution in [2.75, 3.05) is 0 Å². The van der Waals surface area contributed by atoms with Crippen LogP contribution in [0.5, 0.6) is 0 Å². The molecule has 0 atom stereocenters. The van der Waals surface area contributed by atoms with Gasteiger partial charge >= 0.3 is 68.9 Å². The predicted molar refractivity (Wildman–Crippen MR) is 10.5 cm³/mol. The summed E-state index contributed by atoms with van der Waals surface area (Å²) >= 11 is 0. The van der Waals surface area contributed by atoms with Crippen molar-refractivity contribution in [3.63, 3.8) is 0 Å². The van der Waals surface area contributed by atoms with Gasteiger partial charge < -0.3 is 9.11 Å². The molecule has 0 radical (unpaired) electrons. The van der Waals surface area contributed by atoms with Crippen LogP contribution in [0.4, 0.5) is 0 Å². The van der Waals surface area contributed by atoms with Crippen LogP contribution in [0.25, 0.3) is 0 Å². The van der Waals surface area contributed by atoms with Crippen molar-refractivity contribution in [2.45, 2.75) is 0 Å². The third kappa shape index (κ3) is 38.8. The second-order valence-corrected chi connectivity index (χ2v) is 1.22. The number of rotatable bonds is 0. The van der Waals surface area contributed by atoms with E-state index in [9.17, 15) is 0 Å². The third-order valence-electron chi connectivity index (χ3n) is 0. The summed E-state index contributed by atoms with van der Waals surface area (Å²) in [4.78, 5) is 0. The zero-order valence-electron chi connectivity index (χ0n) is 3.04. The Bertz CT molecular complexity index is 90.7. The Kier molecular flexibility index (Phi) is 6.98. The average molecular weight is 229 g/mol. The Balaban J connectivity index is 0. The fourth-order valence-electron chi connectivity index (χ4n) is 0. The monoisotopic (exact) mass is 229 g/mol. The molecule has 0 N–H and O–H groups in total. The maximum Gasteiger partial charge on any atom is 1.00 e. The van der Waals surface area contributed by atoms with Crippen molar-refractivity contribution < 1.29 is 86.4 Å². The molecular formula is CsO4S-. The van der Waals surface area contributed by atoms with Crippen LogP contribution in [0, 0.1) is 0 Å². The van der Waals surface area contributed by atoms with E-state index in [-0.39, 0.29) is 68.9 Å². The number of hydrogen-bond acceptors (Lipinski definition) is 4. The Labute approximate surface area is 94.3 Å². The molecule has 0 aromatic heterocycles. The largest absolute Gasteiger partial charge is 1.00 e. The van der Waals surface area contributed by atoms with Crippen LogP contribution in [0.1, 0.15) is 0 Å². The van der Waals surface area contributed by atoms with E-state index in [2.05, 4.69) is 0 Å². The molecule has 32 valence electrons. The third-order valence-corrected chi connectivity index (χ3v) is 0. The summed E-state index contributed by atoms with van der Waals surface area (Å²) in [5.41, 5.74) is 0. The minimum absolute atomic E-state index is 0. The van der Waals surface area contributed by atoms with Crippen molar-refractivity contribution in [1.29, 1.82) is 0 Å². The molecule has 4 nitrogen and oxygen atoms in total. The normalized spacial score (nSPS) is 9.67. The van der Waals surface area contributed by atoms with E-state index >= 15 is 0 Å². The van der Waals surface area contributed by atoms with Gasteiger partial charge in [-0.1, -0.05) is 0 Å². The fourth-order valence-corrected chi connectivity index (χ4v) is 0. The second-order valence-electron chi connectivity index (χ2n) is 0.408. The molecule has 0 aliphatic heterocycles. The van der Waals surface area contributed by atoms with Gasteiger partial charge in [-0.15, -0.1) is 0 Å². The molecule has 0 heterocycles. The summed E-state index contributed by atoms with van der Waals surface area (Å²) in [6.07, 6.45) is 0. The molecule has 6 heteroatoms. The summed E-state index contributed by atoms with van der Waals surface area (Å²) in [5.74, 6) is 0. The van der Waals surface area contributed by atoms with Crippen LogP contribution >= 0.6 is 0 Å². The number of hydrogen-bond donors (Lipinski definition) is 0. The van der Waals surface area contributed by atoms with Crippen molar-refractivity contribution >= 4 is 10.4 Å². The molecule has 0 saturated carbocycles. The molecule has 0 aliphatic carbocycles. The average Bonchev–Trinajstić information content (AvgIpc) is 0.722. The summed E-state index contributed by atoms with van der Waals surface area (Å²) in [5, 5.41) is 0.